The van der Waals surface area contributed by atoms with Gasteiger partial charge < -0.3 is 9.47 Å². The number of rotatable bonds is 4. The third-order valence-electron chi connectivity index (χ3n) is 4.62. The van der Waals surface area contributed by atoms with Gasteiger partial charge in [0.05, 0.1) is 7.11 Å². The molecule has 5 nitrogen and oxygen atoms in total. The van der Waals surface area contributed by atoms with Crippen molar-refractivity contribution >= 4 is 33.7 Å². The minimum atomic E-state index is -1.19. The molecule has 26 heavy (non-hydrogen) atoms. The Kier molecular flexibility index (Phi) is 5.23. The summed E-state index contributed by atoms with van der Waals surface area (Å²) in [5.74, 6) is -3.69. The van der Waals surface area contributed by atoms with Crippen LogP contribution in [0.1, 0.15) is 28.8 Å². The summed E-state index contributed by atoms with van der Waals surface area (Å²) in [6.07, 6.45) is 0. The number of benzene rings is 2. The van der Waals surface area contributed by atoms with Crippen molar-refractivity contribution in [1.82, 2.24) is 0 Å². The van der Waals surface area contributed by atoms with Crippen LogP contribution in [-0.2, 0) is 14.3 Å². The molecule has 2 aromatic carbocycles. The molecule has 0 N–H and O–H groups in total. The third-order valence-corrected chi connectivity index (χ3v) is 5.11. The monoisotopic (exact) mass is 416 g/mol. The normalized spacial score (nSPS) is 19.9. The van der Waals surface area contributed by atoms with E-state index in [0.717, 1.165) is 4.47 Å². The van der Waals surface area contributed by atoms with E-state index in [1.807, 2.05) is 6.07 Å². The van der Waals surface area contributed by atoms with Crippen LogP contribution in [0.25, 0.3) is 0 Å². The Morgan fingerprint density at radius 1 is 1.15 bits per heavy atom. The zero-order chi connectivity index (χ0) is 18.8. The lowest BCUT2D eigenvalue weighted by Crippen LogP contribution is -2.42. The van der Waals surface area contributed by atoms with E-state index in [2.05, 4.69) is 15.9 Å². The topological polar surface area (TPSA) is 69.7 Å². The second kappa shape index (κ2) is 7.41. The third kappa shape index (κ3) is 3.29. The number of Topliss-reactive ketones (excluding diaryl/α,β-unsaturated/α-hetero) is 1. The molecular weight excluding hydrogens is 400 g/mol. The van der Waals surface area contributed by atoms with E-state index >= 15 is 0 Å². The van der Waals surface area contributed by atoms with Crippen LogP contribution in [0.2, 0.25) is 0 Å². The maximum Gasteiger partial charge on any atom is 0.326 e. The van der Waals surface area contributed by atoms with Gasteiger partial charge in [-0.15, -0.1) is 0 Å². The van der Waals surface area contributed by atoms with Crippen LogP contribution < -0.4 is 4.74 Å². The van der Waals surface area contributed by atoms with E-state index in [4.69, 9.17) is 9.47 Å². The molecule has 0 saturated carbocycles. The van der Waals surface area contributed by atoms with Gasteiger partial charge in [0.25, 0.3) is 0 Å². The van der Waals surface area contributed by atoms with E-state index in [1.165, 1.54) is 7.11 Å². The van der Waals surface area contributed by atoms with E-state index in [0.29, 0.717) is 16.9 Å². The molecule has 0 aliphatic carbocycles. The van der Waals surface area contributed by atoms with Crippen LogP contribution in [0.3, 0.4) is 0 Å². The average Bonchev–Trinajstić information content (AvgIpc) is 2.66. The highest BCUT2D eigenvalue weighted by atomic mass is 79.9. The lowest BCUT2D eigenvalue weighted by atomic mass is 9.73. The Hall–Kier alpha value is -2.47. The van der Waals surface area contributed by atoms with Crippen molar-refractivity contribution in [2.24, 2.45) is 11.8 Å². The molecule has 0 amide bonds. The molecule has 0 unspecified atom stereocenters. The predicted octanol–water partition coefficient (Wildman–Crippen LogP) is 3.76. The number of hydrogen-bond donors (Lipinski definition) is 0. The molecule has 0 spiro atoms. The highest BCUT2D eigenvalue weighted by Crippen LogP contribution is 2.44. The molecule has 0 radical (unpaired) electrons. The number of halogens is 1. The Morgan fingerprint density at radius 2 is 1.85 bits per heavy atom. The first-order chi connectivity index (χ1) is 12.4. The van der Waals surface area contributed by atoms with Crippen molar-refractivity contribution in [3.63, 3.8) is 0 Å². The van der Waals surface area contributed by atoms with Crippen LogP contribution in [0, 0.1) is 11.8 Å². The summed E-state index contributed by atoms with van der Waals surface area (Å²) in [5, 5.41) is 0. The first-order valence-electron chi connectivity index (χ1n) is 8.12. The number of carbonyl (C=O) groups is 3. The second-order valence-corrected chi connectivity index (χ2v) is 7.06. The quantitative estimate of drug-likeness (QED) is 0.328. The largest absolute Gasteiger partial charge is 0.468 e. The van der Waals surface area contributed by atoms with Crippen molar-refractivity contribution in [3.05, 3.63) is 64.1 Å². The summed E-state index contributed by atoms with van der Waals surface area (Å²) >= 11 is 3.40. The molecule has 0 saturated heterocycles. The van der Waals surface area contributed by atoms with Gasteiger partial charge in [-0.1, -0.05) is 53.2 Å². The summed E-state index contributed by atoms with van der Waals surface area (Å²) in [7, 11) is 1.22. The molecular formula is C20H17BrO5. The number of hydrogen-bond acceptors (Lipinski definition) is 5. The van der Waals surface area contributed by atoms with Gasteiger partial charge in [-0.25, -0.2) is 0 Å². The zero-order valence-electron chi connectivity index (χ0n) is 14.3. The molecule has 134 valence electrons. The first-order valence-corrected chi connectivity index (χ1v) is 8.91. The maximum absolute atomic E-state index is 13.0. The molecule has 6 heteroatoms. The predicted molar refractivity (Wildman–Crippen MR) is 98.0 cm³/mol. The SMILES string of the molecule is COC(=O)[C@@H]1C(=O)Oc2ccc(Br)cc2[C@@H]1[C@H](C)C(=O)c1ccccc1. The summed E-state index contributed by atoms with van der Waals surface area (Å²) in [6, 6.07) is 14.0. The van der Waals surface area contributed by atoms with Crippen LogP contribution in [0.15, 0.2) is 53.0 Å². The highest BCUT2D eigenvalue weighted by Gasteiger charge is 2.47. The fourth-order valence-corrected chi connectivity index (χ4v) is 3.71. The summed E-state index contributed by atoms with van der Waals surface area (Å²) < 4.78 is 10.9. The average molecular weight is 417 g/mol. The van der Waals surface area contributed by atoms with Gasteiger partial charge in [-0.2, -0.15) is 0 Å². The number of ether oxygens (including phenoxy) is 2. The molecule has 0 bridgehead atoms. The Morgan fingerprint density at radius 3 is 2.50 bits per heavy atom. The number of carbonyl (C=O) groups excluding carboxylic acids is 3. The minimum Gasteiger partial charge on any atom is -0.468 e. The highest BCUT2D eigenvalue weighted by molar-refractivity contribution is 9.10. The zero-order valence-corrected chi connectivity index (χ0v) is 15.9. The Bertz CT molecular complexity index is 862. The van der Waals surface area contributed by atoms with E-state index in [-0.39, 0.29) is 5.78 Å². The summed E-state index contributed by atoms with van der Waals surface area (Å²) in [6.45, 7) is 1.72. The second-order valence-electron chi connectivity index (χ2n) is 6.15. The number of ketones is 1. The molecule has 3 rings (SSSR count). The summed E-state index contributed by atoms with van der Waals surface area (Å²) in [5.41, 5.74) is 1.16. The van der Waals surface area contributed by atoms with Crippen molar-refractivity contribution in [2.75, 3.05) is 7.11 Å². The Balaban J connectivity index is 2.10. The Labute approximate surface area is 159 Å². The standard InChI is InChI=1S/C20H17BrO5/c1-11(18(22)12-6-4-3-5-7-12)16-14-10-13(21)8-9-15(14)26-20(24)17(16)19(23)25-2/h3-11,16-17H,1-2H3/t11-,16-,17+/m0/s1. The fraction of sp³-hybridized carbons (Fsp3) is 0.250. The van der Waals surface area contributed by atoms with Crippen LogP contribution in [0.4, 0.5) is 0 Å². The van der Waals surface area contributed by atoms with Crippen molar-refractivity contribution < 1.29 is 23.9 Å². The van der Waals surface area contributed by atoms with Gasteiger partial charge in [-0.05, 0) is 18.2 Å². The van der Waals surface area contributed by atoms with Gasteiger partial charge in [0.1, 0.15) is 5.75 Å². The maximum atomic E-state index is 13.0. The number of fused-ring (bicyclic) bond motifs is 1. The summed E-state index contributed by atoms with van der Waals surface area (Å²) in [4.78, 5) is 37.8. The molecule has 0 aromatic heterocycles. The fourth-order valence-electron chi connectivity index (χ4n) is 3.33. The molecule has 1 aliphatic rings. The van der Waals surface area contributed by atoms with Crippen molar-refractivity contribution in [2.45, 2.75) is 12.8 Å². The minimum absolute atomic E-state index is 0.148. The lowest BCUT2D eigenvalue weighted by Gasteiger charge is -2.33. The number of methoxy groups -OCH3 is 1. The van der Waals surface area contributed by atoms with Gasteiger partial charge in [0.15, 0.2) is 11.7 Å². The van der Waals surface area contributed by atoms with Gasteiger partial charge in [0, 0.05) is 27.4 Å². The van der Waals surface area contributed by atoms with E-state index < -0.39 is 29.7 Å². The van der Waals surface area contributed by atoms with Gasteiger partial charge >= 0.3 is 11.9 Å². The van der Waals surface area contributed by atoms with E-state index in [9.17, 15) is 14.4 Å². The molecule has 3 atom stereocenters. The van der Waals surface area contributed by atoms with Crippen molar-refractivity contribution in [3.8, 4) is 5.75 Å². The molecule has 2 aromatic rings. The van der Waals surface area contributed by atoms with Crippen molar-refractivity contribution in [1.29, 1.82) is 0 Å². The van der Waals surface area contributed by atoms with Crippen LogP contribution in [0.5, 0.6) is 5.75 Å². The van der Waals surface area contributed by atoms with Crippen LogP contribution >= 0.6 is 15.9 Å². The molecule has 0 fully saturated rings. The number of esters is 2. The van der Waals surface area contributed by atoms with Gasteiger partial charge in [-0.3, -0.25) is 14.4 Å². The smallest absolute Gasteiger partial charge is 0.326 e. The lowest BCUT2D eigenvalue weighted by molar-refractivity contribution is -0.158. The molecule has 1 aliphatic heterocycles. The molecule has 1 heterocycles. The van der Waals surface area contributed by atoms with E-state index in [1.54, 1.807) is 49.4 Å². The van der Waals surface area contributed by atoms with Crippen LogP contribution in [-0.4, -0.2) is 24.8 Å². The first kappa shape index (κ1) is 18.3. The van der Waals surface area contributed by atoms with Gasteiger partial charge in [0.2, 0.25) is 0 Å².